The molecule has 0 aromatic rings. The van der Waals surface area contributed by atoms with E-state index in [0.717, 1.165) is 32.1 Å². The molecule has 0 bridgehead atoms. The van der Waals surface area contributed by atoms with E-state index < -0.39 is 11.9 Å². The largest absolute Gasteiger partial charge is 0.481 e. The van der Waals surface area contributed by atoms with E-state index in [4.69, 9.17) is 5.11 Å². The van der Waals surface area contributed by atoms with E-state index in [-0.39, 0.29) is 11.9 Å². The molecule has 0 amide bonds. The summed E-state index contributed by atoms with van der Waals surface area (Å²) in [6.07, 6.45) is 16.4. The number of allylic oxidation sites excluding steroid dienone is 3. The van der Waals surface area contributed by atoms with Crippen LogP contribution in [-0.4, -0.2) is 28.1 Å². The Hall–Kier alpha value is -1.42. The Morgan fingerprint density at radius 2 is 1.79 bits per heavy atom. The molecule has 154 valence electrons. The summed E-state index contributed by atoms with van der Waals surface area (Å²) in [6.45, 7) is 0. The number of aliphatic hydroxyl groups excluding tert-OH is 1. The third-order valence-electron chi connectivity index (χ3n) is 8.01. The maximum atomic E-state index is 12.2. The Morgan fingerprint density at radius 1 is 1.00 bits per heavy atom. The highest BCUT2D eigenvalue weighted by atomic mass is 16.4. The van der Waals surface area contributed by atoms with Crippen LogP contribution in [0, 0.1) is 29.6 Å². The number of fused-ring (bicyclic) bond motifs is 1. The van der Waals surface area contributed by atoms with Gasteiger partial charge in [0.2, 0.25) is 0 Å². The quantitative estimate of drug-likeness (QED) is 0.544. The molecule has 0 radical (unpaired) electrons. The number of carbonyl (C=O) groups is 2. The number of hydrogen-bond acceptors (Lipinski definition) is 3. The van der Waals surface area contributed by atoms with Crippen molar-refractivity contribution < 1.29 is 19.8 Å². The van der Waals surface area contributed by atoms with Crippen molar-refractivity contribution in [1.29, 1.82) is 0 Å². The standard InChI is InChI=1S/C24H34O4/c25-22(16-4-2-1-3-5-16)11-9-15-6-7-18-12-19(13-21(15)18)17-8-10-20(24(27)28)23(26)14-17/h9,11,15-16,18,20-22,25H,1-8,10,12-14H2,(H,27,28)/b11-9+,19-17?/t15-,18+,20?,21-,22-/m1/s1. The van der Waals surface area contributed by atoms with Gasteiger partial charge in [0.25, 0.3) is 0 Å². The number of rotatable bonds is 4. The first-order valence-electron chi connectivity index (χ1n) is 11.3. The third-order valence-corrected chi connectivity index (χ3v) is 8.01. The predicted octanol–water partition coefficient (Wildman–Crippen LogP) is 4.67. The van der Waals surface area contributed by atoms with E-state index in [2.05, 4.69) is 12.2 Å². The molecule has 4 fully saturated rings. The van der Waals surface area contributed by atoms with Crippen molar-refractivity contribution in [2.45, 2.75) is 83.2 Å². The zero-order valence-corrected chi connectivity index (χ0v) is 16.8. The van der Waals surface area contributed by atoms with Crippen LogP contribution in [0.3, 0.4) is 0 Å². The maximum Gasteiger partial charge on any atom is 0.314 e. The smallest absolute Gasteiger partial charge is 0.314 e. The number of carboxylic acid groups (broad SMARTS) is 1. The molecule has 2 N–H and O–H groups in total. The van der Waals surface area contributed by atoms with Crippen LogP contribution in [-0.2, 0) is 9.59 Å². The minimum Gasteiger partial charge on any atom is -0.481 e. The van der Waals surface area contributed by atoms with Crippen LogP contribution in [0.2, 0.25) is 0 Å². The van der Waals surface area contributed by atoms with Gasteiger partial charge in [-0.1, -0.05) is 42.6 Å². The Balaban J connectivity index is 1.37. The molecule has 0 aliphatic heterocycles. The lowest BCUT2D eigenvalue weighted by Gasteiger charge is -2.25. The van der Waals surface area contributed by atoms with Crippen LogP contribution >= 0.6 is 0 Å². The van der Waals surface area contributed by atoms with Crippen molar-refractivity contribution in [3.63, 3.8) is 0 Å². The summed E-state index contributed by atoms with van der Waals surface area (Å²) < 4.78 is 0. The fourth-order valence-electron chi connectivity index (χ4n) is 6.32. The molecule has 1 unspecified atom stereocenters. The van der Waals surface area contributed by atoms with Crippen LogP contribution in [0.1, 0.15) is 77.0 Å². The Kier molecular flexibility index (Phi) is 6.05. The summed E-state index contributed by atoms with van der Waals surface area (Å²) in [5, 5.41) is 19.7. The topological polar surface area (TPSA) is 74.6 Å². The highest BCUT2D eigenvalue weighted by Crippen LogP contribution is 2.52. The maximum absolute atomic E-state index is 12.2. The number of hydrogen-bond donors (Lipinski definition) is 2. The molecular formula is C24H34O4. The molecule has 0 saturated heterocycles. The second-order valence-electron chi connectivity index (χ2n) is 9.63. The summed E-state index contributed by atoms with van der Waals surface area (Å²) in [6, 6.07) is 0. The Labute approximate surface area is 168 Å². The predicted molar refractivity (Wildman–Crippen MR) is 108 cm³/mol. The van der Waals surface area contributed by atoms with Gasteiger partial charge in [-0.25, -0.2) is 0 Å². The summed E-state index contributed by atoms with van der Waals surface area (Å²) in [5.74, 6) is 0.485. The SMILES string of the molecule is O=C(O)C1CCC(=C2C[C@@H]3CC[C@H](/C=C/[C@@H](O)C4CCCCC4)[C@H]3C2)CC1=O. The van der Waals surface area contributed by atoms with Crippen LogP contribution in [0.5, 0.6) is 0 Å². The van der Waals surface area contributed by atoms with Crippen molar-refractivity contribution in [3.8, 4) is 0 Å². The zero-order valence-electron chi connectivity index (χ0n) is 16.8. The lowest BCUT2D eigenvalue weighted by atomic mass is 9.81. The van der Waals surface area contributed by atoms with Gasteiger partial charge in [0.1, 0.15) is 5.92 Å². The number of aliphatic carboxylic acids is 1. The van der Waals surface area contributed by atoms with E-state index >= 15 is 0 Å². The van der Waals surface area contributed by atoms with E-state index in [1.165, 1.54) is 43.3 Å². The molecule has 5 atom stereocenters. The molecule has 0 spiro atoms. The van der Waals surface area contributed by atoms with Gasteiger partial charge in [0.15, 0.2) is 5.78 Å². The second-order valence-corrected chi connectivity index (χ2v) is 9.63. The molecule has 0 heterocycles. The summed E-state index contributed by atoms with van der Waals surface area (Å²) in [5.41, 5.74) is 2.68. The molecule has 4 aliphatic rings. The molecule has 4 rings (SSSR count). The first-order chi connectivity index (χ1) is 13.5. The van der Waals surface area contributed by atoms with E-state index in [9.17, 15) is 14.7 Å². The first-order valence-corrected chi connectivity index (χ1v) is 11.3. The van der Waals surface area contributed by atoms with Crippen LogP contribution in [0.15, 0.2) is 23.3 Å². The van der Waals surface area contributed by atoms with Gasteiger partial charge >= 0.3 is 5.97 Å². The van der Waals surface area contributed by atoms with Gasteiger partial charge in [-0.15, -0.1) is 0 Å². The fraction of sp³-hybridized carbons (Fsp3) is 0.750. The number of carboxylic acids is 1. The number of Topliss-reactive ketones (excluding diaryl/α,β-unsaturated/α-hetero) is 1. The highest BCUT2D eigenvalue weighted by Gasteiger charge is 2.42. The molecule has 4 saturated carbocycles. The summed E-state index contributed by atoms with van der Waals surface area (Å²) in [4.78, 5) is 23.4. The first kappa shape index (κ1) is 19.9. The molecule has 0 aromatic heterocycles. The lowest BCUT2D eigenvalue weighted by Crippen LogP contribution is -2.28. The van der Waals surface area contributed by atoms with Crippen LogP contribution in [0.4, 0.5) is 0 Å². The zero-order chi connectivity index (χ0) is 19.7. The third kappa shape index (κ3) is 4.12. The number of carbonyl (C=O) groups excluding carboxylic acids is 1. The number of ketones is 1. The summed E-state index contributed by atoms with van der Waals surface area (Å²) in [7, 11) is 0. The molecule has 4 nitrogen and oxygen atoms in total. The van der Waals surface area contributed by atoms with Gasteiger partial charge in [-0.3, -0.25) is 9.59 Å². The minimum atomic E-state index is -0.959. The fourth-order valence-corrected chi connectivity index (χ4v) is 6.32. The van der Waals surface area contributed by atoms with Gasteiger partial charge in [0.05, 0.1) is 6.10 Å². The average Bonchev–Trinajstić information content (AvgIpc) is 3.27. The normalized spacial score (nSPS) is 38.1. The molecule has 0 aromatic carbocycles. The van der Waals surface area contributed by atoms with Crippen LogP contribution in [0.25, 0.3) is 0 Å². The molecule has 4 aliphatic carbocycles. The lowest BCUT2D eigenvalue weighted by molar-refractivity contribution is -0.146. The van der Waals surface area contributed by atoms with E-state index in [1.54, 1.807) is 0 Å². The summed E-state index contributed by atoms with van der Waals surface area (Å²) >= 11 is 0. The highest BCUT2D eigenvalue weighted by molar-refractivity contribution is 6.00. The van der Waals surface area contributed by atoms with Crippen molar-refractivity contribution >= 4 is 11.8 Å². The number of aliphatic hydroxyl groups is 1. The van der Waals surface area contributed by atoms with E-state index in [1.807, 2.05) is 0 Å². The molecule has 4 heteroatoms. The van der Waals surface area contributed by atoms with Crippen molar-refractivity contribution in [2.24, 2.45) is 29.6 Å². The average molecular weight is 387 g/mol. The van der Waals surface area contributed by atoms with Crippen LogP contribution < -0.4 is 0 Å². The van der Waals surface area contributed by atoms with E-state index in [0.29, 0.717) is 36.5 Å². The monoisotopic (exact) mass is 386 g/mol. The van der Waals surface area contributed by atoms with Crippen molar-refractivity contribution in [3.05, 3.63) is 23.3 Å². The van der Waals surface area contributed by atoms with Gasteiger partial charge in [0, 0.05) is 6.42 Å². The van der Waals surface area contributed by atoms with Crippen molar-refractivity contribution in [1.82, 2.24) is 0 Å². The minimum absolute atomic E-state index is 0.106. The Morgan fingerprint density at radius 3 is 2.50 bits per heavy atom. The Bertz CT molecular complexity index is 670. The second kappa shape index (κ2) is 8.52. The molecule has 28 heavy (non-hydrogen) atoms. The van der Waals surface area contributed by atoms with Gasteiger partial charge in [-0.05, 0) is 75.0 Å². The van der Waals surface area contributed by atoms with Gasteiger partial charge in [-0.2, -0.15) is 0 Å². The molecular weight excluding hydrogens is 352 g/mol. The van der Waals surface area contributed by atoms with Gasteiger partial charge < -0.3 is 10.2 Å². The van der Waals surface area contributed by atoms with Crippen molar-refractivity contribution in [2.75, 3.05) is 0 Å².